The first-order chi connectivity index (χ1) is 14.9. The molecular formula is C23H20Cl3FN2OS. The highest BCUT2D eigenvalue weighted by Crippen LogP contribution is 2.40. The maximum absolute atomic E-state index is 13.2. The Labute approximate surface area is 199 Å². The maximum atomic E-state index is 13.2. The van der Waals surface area contributed by atoms with Crippen LogP contribution in [0.3, 0.4) is 0 Å². The zero-order valence-corrected chi connectivity index (χ0v) is 19.5. The molecular weight excluding hydrogens is 478 g/mol. The van der Waals surface area contributed by atoms with Crippen molar-refractivity contribution in [3.8, 4) is 0 Å². The second kappa shape index (κ2) is 9.99. The average molecular weight is 498 g/mol. The van der Waals surface area contributed by atoms with Crippen molar-refractivity contribution in [1.82, 2.24) is 4.72 Å². The van der Waals surface area contributed by atoms with E-state index < -0.39 is 11.4 Å². The van der Waals surface area contributed by atoms with Gasteiger partial charge in [-0.15, -0.1) is 4.72 Å². The molecule has 0 amide bonds. The number of rotatable bonds is 5. The molecule has 0 aromatic heterocycles. The zero-order chi connectivity index (χ0) is 22.0. The van der Waals surface area contributed by atoms with Gasteiger partial charge < -0.3 is 9.45 Å². The molecule has 3 nitrogen and oxygen atoms in total. The number of nitrogens with one attached hydrogen (secondary N) is 1. The van der Waals surface area contributed by atoms with Crippen molar-refractivity contribution in [1.29, 1.82) is 0 Å². The lowest BCUT2D eigenvalue weighted by molar-refractivity contribution is 0.395. The highest BCUT2D eigenvalue weighted by atomic mass is 35.5. The van der Waals surface area contributed by atoms with Gasteiger partial charge in [-0.05, 0) is 73.0 Å². The van der Waals surface area contributed by atoms with Gasteiger partial charge in [0.05, 0.1) is 34.2 Å². The Bertz CT molecular complexity index is 1040. The van der Waals surface area contributed by atoms with E-state index in [0.717, 1.165) is 17.7 Å². The van der Waals surface area contributed by atoms with E-state index >= 15 is 0 Å². The van der Waals surface area contributed by atoms with Gasteiger partial charge in [0.2, 0.25) is 0 Å². The van der Waals surface area contributed by atoms with E-state index in [1.54, 1.807) is 6.07 Å². The summed E-state index contributed by atoms with van der Waals surface area (Å²) in [5.41, 5.74) is 2.00. The normalized spacial score (nSPS) is 20.0. The molecule has 0 radical (unpaired) electrons. The Hall–Kier alpha value is -1.47. The summed E-state index contributed by atoms with van der Waals surface area (Å²) in [6.45, 7) is 0.715. The summed E-state index contributed by atoms with van der Waals surface area (Å²) < 4.78 is 29.2. The number of hydrogen-bond acceptors (Lipinski definition) is 3. The van der Waals surface area contributed by atoms with E-state index in [2.05, 4.69) is 9.62 Å². The van der Waals surface area contributed by atoms with Crippen LogP contribution in [0, 0.1) is 5.82 Å². The molecule has 8 heteroatoms. The second-order valence-electron chi connectivity index (χ2n) is 7.42. The quantitative estimate of drug-likeness (QED) is 0.394. The van der Waals surface area contributed by atoms with Crippen molar-refractivity contribution in [2.24, 2.45) is 0 Å². The predicted molar refractivity (Wildman–Crippen MR) is 127 cm³/mol. The highest BCUT2D eigenvalue weighted by molar-refractivity contribution is 7.89. The molecule has 1 N–H and O–H groups in total. The first kappa shape index (κ1) is 22.7. The summed E-state index contributed by atoms with van der Waals surface area (Å²) in [5, 5.41) is 1.85. The van der Waals surface area contributed by atoms with Crippen LogP contribution in [0.15, 0.2) is 71.6 Å². The number of halogens is 4. The van der Waals surface area contributed by atoms with Gasteiger partial charge >= 0.3 is 0 Å². The van der Waals surface area contributed by atoms with E-state index in [-0.39, 0.29) is 17.9 Å². The molecule has 3 aromatic rings. The van der Waals surface area contributed by atoms with E-state index in [1.807, 2.05) is 36.4 Å². The monoisotopic (exact) mass is 496 g/mol. The molecule has 1 aliphatic heterocycles. The van der Waals surface area contributed by atoms with Crippen molar-refractivity contribution in [2.75, 3.05) is 11.4 Å². The fourth-order valence-corrected chi connectivity index (χ4v) is 5.53. The number of benzene rings is 3. The standard InChI is InChI=1S/C23H20Cl3FN2OS/c24-16-3-1-15(2-4-16)23-14-19(28-31(30)20-8-6-18(27)7-9-20)11-12-29(23)22-10-5-17(25)13-21(22)26/h1-10,13,19,23,28H,11-12,14H2. The molecule has 3 aromatic carbocycles. The van der Waals surface area contributed by atoms with Crippen LogP contribution in [0.1, 0.15) is 24.4 Å². The van der Waals surface area contributed by atoms with Crippen LogP contribution in [0.2, 0.25) is 15.1 Å². The van der Waals surface area contributed by atoms with Crippen LogP contribution >= 0.6 is 34.8 Å². The van der Waals surface area contributed by atoms with Gasteiger partial charge in [0.1, 0.15) is 5.82 Å². The molecule has 1 saturated heterocycles. The molecule has 1 fully saturated rings. The maximum Gasteiger partial charge on any atom is 0.174 e. The summed E-state index contributed by atoms with van der Waals surface area (Å²) in [7, 11) is 0. The fraction of sp³-hybridized carbons (Fsp3) is 0.217. The number of hydrogen-bond donors (Lipinski definition) is 1. The Balaban J connectivity index is 1.58. The third kappa shape index (κ3) is 5.48. The van der Waals surface area contributed by atoms with Crippen LogP contribution in [-0.4, -0.2) is 17.1 Å². The van der Waals surface area contributed by atoms with Gasteiger partial charge in [-0.3, -0.25) is 0 Å². The van der Waals surface area contributed by atoms with Crippen LogP contribution in [-0.2, 0) is 11.4 Å². The van der Waals surface area contributed by atoms with Crippen LogP contribution in [0.25, 0.3) is 0 Å². The minimum atomic E-state index is -1.43. The molecule has 162 valence electrons. The summed E-state index contributed by atoms with van der Waals surface area (Å²) in [4.78, 5) is 2.80. The lowest BCUT2D eigenvalue weighted by Gasteiger charge is -2.41. The number of nitrogens with zero attached hydrogens (tertiary/aromatic N) is 1. The molecule has 31 heavy (non-hydrogen) atoms. The predicted octanol–water partition coefficient (Wildman–Crippen LogP) is 6.81. The molecule has 4 rings (SSSR count). The molecule has 3 atom stereocenters. The van der Waals surface area contributed by atoms with Gasteiger partial charge in [-0.2, -0.15) is 0 Å². The largest absolute Gasteiger partial charge is 0.593 e. The van der Waals surface area contributed by atoms with Gasteiger partial charge in [0.25, 0.3) is 0 Å². The first-order valence-corrected chi connectivity index (χ1v) is 12.1. The number of piperidine rings is 1. The molecule has 0 bridgehead atoms. The minimum absolute atomic E-state index is 0.00686. The first-order valence-electron chi connectivity index (χ1n) is 9.81. The molecule has 0 saturated carbocycles. The lowest BCUT2D eigenvalue weighted by Crippen LogP contribution is -2.46. The SMILES string of the molecule is [O-][S+](NC1CCN(c2ccc(Cl)cc2Cl)C(c2ccc(Cl)cc2)C1)c1ccc(F)cc1. The van der Waals surface area contributed by atoms with Gasteiger partial charge in [-0.1, -0.05) is 46.9 Å². The van der Waals surface area contributed by atoms with E-state index in [4.69, 9.17) is 34.8 Å². The van der Waals surface area contributed by atoms with Gasteiger partial charge in [-0.25, -0.2) is 4.39 Å². The molecule has 0 aliphatic carbocycles. The Morgan fingerprint density at radius 3 is 2.29 bits per heavy atom. The van der Waals surface area contributed by atoms with Crippen molar-refractivity contribution >= 4 is 51.9 Å². The summed E-state index contributed by atoms with van der Waals surface area (Å²) in [5.74, 6) is -0.350. The average Bonchev–Trinajstić information content (AvgIpc) is 2.75. The third-order valence-corrected chi connectivity index (χ3v) is 7.42. The third-order valence-electron chi connectivity index (χ3n) is 5.38. The molecule has 3 unspecified atom stereocenters. The highest BCUT2D eigenvalue weighted by Gasteiger charge is 2.33. The van der Waals surface area contributed by atoms with Gasteiger partial charge in [0.15, 0.2) is 4.90 Å². The summed E-state index contributed by atoms with van der Waals surface area (Å²) >= 11 is 17.3. The van der Waals surface area contributed by atoms with Crippen LogP contribution in [0.4, 0.5) is 10.1 Å². The van der Waals surface area contributed by atoms with Crippen LogP contribution < -0.4 is 9.62 Å². The van der Waals surface area contributed by atoms with Gasteiger partial charge in [0, 0.05) is 16.6 Å². The van der Waals surface area contributed by atoms with Crippen LogP contribution in [0.5, 0.6) is 0 Å². The van der Waals surface area contributed by atoms with Crippen molar-refractivity contribution < 1.29 is 8.94 Å². The Morgan fingerprint density at radius 1 is 0.935 bits per heavy atom. The van der Waals surface area contributed by atoms with Crippen molar-refractivity contribution in [3.63, 3.8) is 0 Å². The zero-order valence-electron chi connectivity index (χ0n) is 16.4. The number of anilines is 1. The van der Waals surface area contributed by atoms with Crippen molar-refractivity contribution in [2.45, 2.75) is 29.8 Å². The lowest BCUT2D eigenvalue weighted by atomic mass is 9.91. The summed E-state index contributed by atoms with van der Waals surface area (Å²) in [6.07, 6.45) is 1.49. The smallest absolute Gasteiger partial charge is 0.174 e. The second-order valence-corrected chi connectivity index (χ2v) is 9.94. The molecule has 1 heterocycles. The fourth-order valence-electron chi connectivity index (χ4n) is 3.85. The van der Waals surface area contributed by atoms with E-state index in [0.29, 0.717) is 32.9 Å². The van der Waals surface area contributed by atoms with E-state index in [9.17, 15) is 8.94 Å². The molecule has 0 spiro atoms. The van der Waals surface area contributed by atoms with Crippen molar-refractivity contribution in [3.05, 3.63) is 93.2 Å². The topological polar surface area (TPSA) is 38.3 Å². The Morgan fingerprint density at radius 2 is 1.61 bits per heavy atom. The Kier molecular flexibility index (Phi) is 7.32. The minimum Gasteiger partial charge on any atom is -0.593 e. The summed E-state index contributed by atoms with van der Waals surface area (Å²) in [6, 6.07) is 19.0. The molecule has 1 aliphatic rings. The van der Waals surface area contributed by atoms with E-state index in [1.165, 1.54) is 24.3 Å².